The van der Waals surface area contributed by atoms with E-state index in [2.05, 4.69) is 17.1 Å². The molecule has 0 unspecified atom stereocenters. The number of hydrogen-bond acceptors (Lipinski definition) is 3. The first-order chi connectivity index (χ1) is 10.3. The first-order valence-electron chi connectivity index (χ1n) is 6.77. The third kappa shape index (κ3) is 2.63. The van der Waals surface area contributed by atoms with Gasteiger partial charge >= 0.3 is 0 Å². The standard InChI is InChI=1S/C18H15NO2/c1-21-18-12-19-10-9-16(18)17(20)11-14-7-4-6-13-5-2-3-8-15(13)14/h2-10,12H,11H2,1H3. The molecule has 3 rings (SSSR count). The van der Waals surface area contributed by atoms with Crippen LogP contribution in [0, 0.1) is 0 Å². The van der Waals surface area contributed by atoms with E-state index in [-0.39, 0.29) is 5.78 Å². The summed E-state index contributed by atoms with van der Waals surface area (Å²) < 4.78 is 5.21. The highest BCUT2D eigenvalue weighted by Crippen LogP contribution is 2.22. The maximum Gasteiger partial charge on any atom is 0.171 e. The molecule has 0 N–H and O–H groups in total. The maximum atomic E-state index is 12.5. The Morgan fingerprint density at radius 3 is 2.76 bits per heavy atom. The number of aromatic nitrogens is 1. The molecule has 0 radical (unpaired) electrons. The molecule has 1 heterocycles. The molecule has 0 bridgehead atoms. The quantitative estimate of drug-likeness (QED) is 0.683. The lowest BCUT2D eigenvalue weighted by atomic mass is 9.98. The van der Waals surface area contributed by atoms with Crippen molar-refractivity contribution in [1.82, 2.24) is 4.98 Å². The van der Waals surface area contributed by atoms with Gasteiger partial charge in [0.2, 0.25) is 0 Å². The van der Waals surface area contributed by atoms with Gasteiger partial charge in [-0.3, -0.25) is 9.78 Å². The lowest BCUT2D eigenvalue weighted by molar-refractivity contribution is 0.0990. The number of ether oxygens (including phenoxy) is 1. The fourth-order valence-electron chi connectivity index (χ4n) is 2.49. The minimum Gasteiger partial charge on any atom is -0.494 e. The van der Waals surface area contributed by atoms with E-state index in [9.17, 15) is 4.79 Å². The van der Waals surface area contributed by atoms with Crippen molar-refractivity contribution in [3.8, 4) is 5.75 Å². The molecule has 104 valence electrons. The molecule has 0 aliphatic carbocycles. The van der Waals surface area contributed by atoms with Gasteiger partial charge in [-0.2, -0.15) is 0 Å². The molecule has 1 aromatic heterocycles. The van der Waals surface area contributed by atoms with Crippen LogP contribution in [0.25, 0.3) is 10.8 Å². The second-order valence-corrected chi connectivity index (χ2v) is 4.81. The van der Waals surface area contributed by atoms with Gasteiger partial charge in [-0.15, -0.1) is 0 Å². The predicted octanol–water partition coefficient (Wildman–Crippen LogP) is 3.67. The fraction of sp³-hybridized carbons (Fsp3) is 0.111. The van der Waals surface area contributed by atoms with E-state index in [1.54, 1.807) is 25.6 Å². The van der Waals surface area contributed by atoms with Crippen molar-refractivity contribution in [2.24, 2.45) is 0 Å². The molecule has 0 spiro atoms. The third-order valence-electron chi connectivity index (χ3n) is 3.54. The zero-order valence-corrected chi connectivity index (χ0v) is 11.7. The topological polar surface area (TPSA) is 39.2 Å². The lowest BCUT2D eigenvalue weighted by Crippen LogP contribution is -2.06. The molecular weight excluding hydrogens is 262 g/mol. The Hall–Kier alpha value is -2.68. The number of fused-ring (bicyclic) bond motifs is 1. The third-order valence-corrected chi connectivity index (χ3v) is 3.54. The number of methoxy groups -OCH3 is 1. The Kier molecular flexibility index (Phi) is 3.65. The smallest absolute Gasteiger partial charge is 0.171 e. The highest BCUT2D eigenvalue weighted by molar-refractivity contribution is 6.02. The molecule has 0 saturated carbocycles. The second kappa shape index (κ2) is 5.75. The summed E-state index contributed by atoms with van der Waals surface area (Å²) in [4.78, 5) is 16.5. The second-order valence-electron chi connectivity index (χ2n) is 4.81. The van der Waals surface area contributed by atoms with Crippen molar-refractivity contribution < 1.29 is 9.53 Å². The molecular formula is C18H15NO2. The highest BCUT2D eigenvalue weighted by Gasteiger charge is 2.13. The summed E-state index contributed by atoms with van der Waals surface area (Å²) in [6.07, 6.45) is 3.52. The molecule has 3 heteroatoms. The Labute approximate surface area is 123 Å². The minimum absolute atomic E-state index is 0.0330. The fourth-order valence-corrected chi connectivity index (χ4v) is 2.49. The van der Waals surface area contributed by atoms with Crippen LogP contribution in [0.5, 0.6) is 5.75 Å². The minimum atomic E-state index is 0.0330. The lowest BCUT2D eigenvalue weighted by Gasteiger charge is -2.08. The van der Waals surface area contributed by atoms with E-state index < -0.39 is 0 Å². The summed E-state index contributed by atoms with van der Waals surface area (Å²) in [5.74, 6) is 0.549. The van der Waals surface area contributed by atoms with Crippen LogP contribution in [0.1, 0.15) is 15.9 Å². The predicted molar refractivity (Wildman–Crippen MR) is 82.8 cm³/mol. The van der Waals surface area contributed by atoms with Crippen LogP contribution < -0.4 is 4.74 Å². The number of rotatable bonds is 4. The van der Waals surface area contributed by atoms with E-state index in [1.807, 2.05) is 30.3 Å². The van der Waals surface area contributed by atoms with Crippen molar-refractivity contribution in [3.05, 3.63) is 72.1 Å². The maximum absolute atomic E-state index is 12.5. The van der Waals surface area contributed by atoms with Gasteiger partial charge in [-0.05, 0) is 22.4 Å². The Balaban J connectivity index is 1.97. The van der Waals surface area contributed by atoms with E-state index >= 15 is 0 Å². The van der Waals surface area contributed by atoms with Gasteiger partial charge in [0, 0.05) is 12.6 Å². The van der Waals surface area contributed by atoms with Crippen LogP contribution in [0.4, 0.5) is 0 Å². The van der Waals surface area contributed by atoms with Crippen molar-refractivity contribution >= 4 is 16.6 Å². The molecule has 0 aliphatic heterocycles. The number of nitrogens with zero attached hydrogens (tertiary/aromatic N) is 1. The Bertz CT molecular complexity index is 791. The number of benzene rings is 2. The van der Waals surface area contributed by atoms with E-state index in [0.717, 1.165) is 16.3 Å². The van der Waals surface area contributed by atoms with Crippen molar-refractivity contribution in [2.45, 2.75) is 6.42 Å². The normalized spacial score (nSPS) is 10.5. The summed E-state index contributed by atoms with van der Waals surface area (Å²) in [6, 6.07) is 15.8. The molecule has 0 saturated heterocycles. The summed E-state index contributed by atoms with van der Waals surface area (Å²) >= 11 is 0. The van der Waals surface area contributed by atoms with Gasteiger partial charge in [0.15, 0.2) is 5.78 Å². The first-order valence-corrected chi connectivity index (χ1v) is 6.77. The summed E-state index contributed by atoms with van der Waals surface area (Å²) in [6.45, 7) is 0. The van der Waals surface area contributed by atoms with Gasteiger partial charge in [0.1, 0.15) is 5.75 Å². The van der Waals surface area contributed by atoms with E-state index in [4.69, 9.17) is 4.74 Å². The number of pyridine rings is 1. The summed E-state index contributed by atoms with van der Waals surface area (Å²) in [7, 11) is 1.55. The molecule has 3 aromatic rings. The number of carbonyl (C=O) groups excluding carboxylic acids is 1. The molecule has 2 aromatic carbocycles. The Morgan fingerprint density at radius 2 is 1.90 bits per heavy atom. The molecule has 0 amide bonds. The van der Waals surface area contributed by atoms with Crippen molar-refractivity contribution in [2.75, 3.05) is 7.11 Å². The monoisotopic (exact) mass is 277 g/mol. The van der Waals surface area contributed by atoms with Crippen LogP contribution >= 0.6 is 0 Å². The zero-order chi connectivity index (χ0) is 14.7. The van der Waals surface area contributed by atoms with Crippen LogP contribution in [0.3, 0.4) is 0 Å². The first kappa shape index (κ1) is 13.3. The molecule has 3 nitrogen and oxygen atoms in total. The SMILES string of the molecule is COc1cnccc1C(=O)Cc1cccc2ccccc12. The molecule has 0 aliphatic rings. The average Bonchev–Trinajstić information content (AvgIpc) is 2.55. The largest absolute Gasteiger partial charge is 0.494 e. The summed E-state index contributed by atoms with van der Waals surface area (Å²) in [5, 5.41) is 2.26. The number of ketones is 1. The van der Waals surface area contributed by atoms with Crippen molar-refractivity contribution in [1.29, 1.82) is 0 Å². The molecule has 0 atom stereocenters. The van der Waals surface area contributed by atoms with Gasteiger partial charge in [-0.25, -0.2) is 0 Å². The number of Topliss-reactive ketones (excluding diaryl/α,β-unsaturated/α-hetero) is 1. The van der Waals surface area contributed by atoms with Gasteiger partial charge < -0.3 is 4.74 Å². The van der Waals surface area contributed by atoms with Gasteiger partial charge in [0.25, 0.3) is 0 Å². The Morgan fingerprint density at radius 1 is 1.10 bits per heavy atom. The molecule has 0 fully saturated rings. The summed E-state index contributed by atoms with van der Waals surface area (Å²) in [5.41, 5.74) is 1.59. The average molecular weight is 277 g/mol. The highest BCUT2D eigenvalue weighted by atomic mass is 16.5. The van der Waals surface area contributed by atoms with E-state index in [1.165, 1.54) is 0 Å². The van der Waals surface area contributed by atoms with Gasteiger partial charge in [0.05, 0.1) is 18.9 Å². The van der Waals surface area contributed by atoms with Crippen LogP contribution in [0.2, 0.25) is 0 Å². The number of hydrogen-bond donors (Lipinski definition) is 0. The van der Waals surface area contributed by atoms with Crippen LogP contribution in [-0.4, -0.2) is 17.9 Å². The molecule has 21 heavy (non-hydrogen) atoms. The van der Waals surface area contributed by atoms with Crippen LogP contribution in [-0.2, 0) is 6.42 Å². The zero-order valence-electron chi connectivity index (χ0n) is 11.7. The van der Waals surface area contributed by atoms with Crippen molar-refractivity contribution in [3.63, 3.8) is 0 Å². The van der Waals surface area contributed by atoms with Gasteiger partial charge in [-0.1, -0.05) is 42.5 Å². The van der Waals surface area contributed by atoms with Crippen LogP contribution in [0.15, 0.2) is 60.9 Å². The van der Waals surface area contributed by atoms with E-state index in [0.29, 0.717) is 17.7 Å². The number of carbonyl (C=O) groups is 1.